The van der Waals surface area contributed by atoms with E-state index in [0.29, 0.717) is 5.75 Å². The van der Waals surface area contributed by atoms with E-state index in [4.69, 9.17) is 9.47 Å². The number of benzene rings is 1. The molecular formula is C15H19NO4S. The number of nitriles is 1. The zero-order valence-electron chi connectivity index (χ0n) is 12.4. The van der Waals surface area contributed by atoms with E-state index in [-0.39, 0.29) is 18.3 Å². The van der Waals surface area contributed by atoms with Gasteiger partial charge >= 0.3 is 0 Å². The molecule has 0 bridgehead atoms. The van der Waals surface area contributed by atoms with Crippen LogP contribution in [0.5, 0.6) is 5.75 Å². The van der Waals surface area contributed by atoms with Crippen molar-refractivity contribution in [1.29, 1.82) is 5.26 Å². The van der Waals surface area contributed by atoms with Crippen molar-refractivity contribution in [2.75, 3.05) is 26.6 Å². The van der Waals surface area contributed by atoms with Crippen LogP contribution >= 0.6 is 0 Å². The lowest BCUT2D eigenvalue weighted by atomic mass is 10.0. The molecule has 0 radical (unpaired) electrons. The number of hydrogen-bond donors (Lipinski definition) is 0. The lowest BCUT2D eigenvalue weighted by Crippen LogP contribution is -2.20. The molecule has 1 aliphatic rings. The van der Waals surface area contributed by atoms with Crippen molar-refractivity contribution in [3.63, 3.8) is 0 Å². The first-order chi connectivity index (χ1) is 9.96. The van der Waals surface area contributed by atoms with Gasteiger partial charge in [0.25, 0.3) is 0 Å². The van der Waals surface area contributed by atoms with Crippen LogP contribution in [-0.4, -0.2) is 40.2 Å². The molecule has 1 aromatic rings. The van der Waals surface area contributed by atoms with Crippen molar-refractivity contribution >= 4 is 9.84 Å². The number of ether oxygens (including phenoxy) is 2. The highest BCUT2D eigenvalue weighted by Crippen LogP contribution is 2.62. The largest absolute Gasteiger partial charge is 0.497 e. The van der Waals surface area contributed by atoms with Gasteiger partial charge in [-0.3, -0.25) is 0 Å². The van der Waals surface area contributed by atoms with Gasteiger partial charge in [-0.05, 0) is 17.7 Å². The van der Waals surface area contributed by atoms with Gasteiger partial charge in [-0.25, -0.2) is 8.42 Å². The standard InChI is InChI=1S/C15H19NO4S/c1-4-21(17,18)14-13(15(14,9-16)10-19-2)11-5-7-12(20-3)8-6-11/h5-8,13-14H,4,10H2,1-3H3/t13-,14+,15+/m0/s1. The molecule has 2 rings (SSSR count). The summed E-state index contributed by atoms with van der Waals surface area (Å²) in [6.07, 6.45) is 0. The molecule has 1 aromatic carbocycles. The third-order valence-corrected chi connectivity index (χ3v) is 6.38. The van der Waals surface area contributed by atoms with Crippen LogP contribution in [0, 0.1) is 16.7 Å². The molecule has 0 saturated heterocycles. The first-order valence-electron chi connectivity index (χ1n) is 6.72. The van der Waals surface area contributed by atoms with Gasteiger partial charge in [-0.1, -0.05) is 19.1 Å². The Morgan fingerprint density at radius 1 is 1.29 bits per heavy atom. The van der Waals surface area contributed by atoms with Crippen molar-refractivity contribution in [1.82, 2.24) is 0 Å². The molecular weight excluding hydrogens is 290 g/mol. The summed E-state index contributed by atoms with van der Waals surface area (Å²) in [6, 6.07) is 9.37. The average molecular weight is 309 g/mol. The lowest BCUT2D eigenvalue weighted by Gasteiger charge is -2.07. The molecule has 0 heterocycles. The molecule has 1 aliphatic carbocycles. The normalized spacial score (nSPS) is 27.9. The third-order valence-electron chi connectivity index (χ3n) is 4.11. The monoisotopic (exact) mass is 309 g/mol. The van der Waals surface area contributed by atoms with Gasteiger partial charge in [-0.15, -0.1) is 0 Å². The van der Waals surface area contributed by atoms with Gasteiger partial charge < -0.3 is 9.47 Å². The summed E-state index contributed by atoms with van der Waals surface area (Å²) in [5.41, 5.74) is -0.158. The van der Waals surface area contributed by atoms with Gasteiger partial charge in [0.05, 0.1) is 25.0 Å². The predicted molar refractivity (Wildman–Crippen MR) is 78.9 cm³/mol. The Labute approximate surface area is 125 Å². The van der Waals surface area contributed by atoms with Gasteiger partial charge in [0.15, 0.2) is 9.84 Å². The Balaban J connectivity index is 2.42. The molecule has 6 heteroatoms. The number of nitrogens with zero attached hydrogens (tertiary/aromatic N) is 1. The molecule has 0 amide bonds. The molecule has 0 spiro atoms. The maximum Gasteiger partial charge on any atom is 0.155 e. The second kappa shape index (κ2) is 5.66. The van der Waals surface area contributed by atoms with Gasteiger partial charge in [-0.2, -0.15) is 5.26 Å². The van der Waals surface area contributed by atoms with E-state index in [2.05, 4.69) is 6.07 Å². The summed E-state index contributed by atoms with van der Waals surface area (Å²) < 4.78 is 34.8. The molecule has 0 unspecified atom stereocenters. The average Bonchev–Trinajstić information content (AvgIpc) is 3.18. The minimum Gasteiger partial charge on any atom is -0.497 e. The molecule has 1 saturated carbocycles. The Kier molecular flexibility index (Phi) is 4.26. The fourth-order valence-electron chi connectivity index (χ4n) is 2.97. The molecule has 114 valence electrons. The topological polar surface area (TPSA) is 76.4 Å². The van der Waals surface area contributed by atoms with Crippen LogP contribution in [0.15, 0.2) is 24.3 Å². The first kappa shape index (κ1) is 15.8. The fourth-order valence-corrected chi connectivity index (χ4v) is 4.98. The Morgan fingerprint density at radius 3 is 2.33 bits per heavy atom. The number of rotatable bonds is 6. The van der Waals surface area contributed by atoms with Crippen LogP contribution < -0.4 is 4.74 Å². The summed E-state index contributed by atoms with van der Waals surface area (Å²) in [7, 11) is -0.259. The molecule has 0 aliphatic heterocycles. The van der Waals surface area contributed by atoms with E-state index in [0.717, 1.165) is 5.56 Å². The van der Waals surface area contributed by atoms with Crippen molar-refractivity contribution in [2.24, 2.45) is 5.41 Å². The van der Waals surface area contributed by atoms with Crippen molar-refractivity contribution in [2.45, 2.75) is 18.1 Å². The summed E-state index contributed by atoms with van der Waals surface area (Å²) in [5, 5.41) is 8.83. The first-order valence-corrected chi connectivity index (χ1v) is 8.44. The molecule has 3 atom stereocenters. The van der Waals surface area contributed by atoms with Crippen LogP contribution in [-0.2, 0) is 14.6 Å². The van der Waals surface area contributed by atoms with Crippen molar-refractivity contribution < 1.29 is 17.9 Å². The van der Waals surface area contributed by atoms with Crippen LogP contribution in [0.1, 0.15) is 18.4 Å². The van der Waals surface area contributed by atoms with Crippen molar-refractivity contribution in [3.8, 4) is 11.8 Å². The zero-order valence-corrected chi connectivity index (χ0v) is 13.2. The molecule has 0 N–H and O–H groups in total. The van der Waals surface area contributed by atoms with Crippen LogP contribution in [0.4, 0.5) is 0 Å². The second-order valence-corrected chi connectivity index (χ2v) is 7.62. The van der Waals surface area contributed by atoms with Crippen molar-refractivity contribution in [3.05, 3.63) is 29.8 Å². The molecule has 0 aromatic heterocycles. The SMILES string of the molecule is CCS(=O)(=O)[C@@H]1[C@H](c2ccc(OC)cc2)[C@@]1(C#N)COC. The second-order valence-electron chi connectivity index (χ2n) is 5.21. The Morgan fingerprint density at radius 2 is 1.90 bits per heavy atom. The predicted octanol–water partition coefficient (Wildman–Crippen LogP) is 1.75. The maximum atomic E-state index is 12.3. The fraction of sp³-hybridized carbons (Fsp3) is 0.533. The quantitative estimate of drug-likeness (QED) is 0.800. The maximum absolute atomic E-state index is 12.3. The highest BCUT2D eigenvalue weighted by Gasteiger charge is 2.71. The van der Waals surface area contributed by atoms with E-state index < -0.39 is 20.5 Å². The minimum absolute atomic E-state index is 0.0253. The van der Waals surface area contributed by atoms with E-state index in [1.165, 1.54) is 7.11 Å². The highest BCUT2D eigenvalue weighted by molar-refractivity contribution is 7.92. The number of hydrogen-bond acceptors (Lipinski definition) is 5. The van der Waals surface area contributed by atoms with Gasteiger partial charge in [0.1, 0.15) is 11.2 Å². The highest BCUT2D eigenvalue weighted by atomic mass is 32.2. The summed E-state index contributed by atoms with van der Waals surface area (Å²) in [4.78, 5) is 0. The molecule has 1 fully saturated rings. The van der Waals surface area contributed by atoms with Crippen LogP contribution in [0.25, 0.3) is 0 Å². The number of sulfone groups is 1. The Bertz CT molecular complexity index is 647. The Hall–Kier alpha value is -1.58. The summed E-state index contributed by atoms with van der Waals surface area (Å²) >= 11 is 0. The van der Waals surface area contributed by atoms with E-state index in [1.807, 2.05) is 12.1 Å². The van der Waals surface area contributed by atoms with Crippen LogP contribution in [0.3, 0.4) is 0 Å². The smallest absolute Gasteiger partial charge is 0.155 e. The summed E-state index contributed by atoms with van der Waals surface area (Å²) in [5.74, 6) is 0.374. The molecule has 5 nitrogen and oxygen atoms in total. The molecule has 21 heavy (non-hydrogen) atoms. The van der Waals surface area contributed by atoms with E-state index >= 15 is 0 Å². The zero-order chi connectivity index (χ0) is 15.7. The van der Waals surface area contributed by atoms with E-state index in [9.17, 15) is 13.7 Å². The summed E-state index contributed by atoms with van der Waals surface area (Å²) in [6.45, 7) is 1.72. The van der Waals surface area contributed by atoms with Crippen LogP contribution in [0.2, 0.25) is 0 Å². The van der Waals surface area contributed by atoms with Gasteiger partial charge in [0.2, 0.25) is 0 Å². The lowest BCUT2D eigenvalue weighted by molar-refractivity contribution is 0.162. The van der Waals surface area contributed by atoms with E-state index in [1.54, 1.807) is 26.2 Å². The van der Waals surface area contributed by atoms with Gasteiger partial charge in [0, 0.05) is 18.8 Å². The third kappa shape index (κ3) is 2.52. The minimum atomic E-state index is -3.31. The number of methoxy groups -OCH3 is 2.